The molecule has 0 radical (unpaired) electrons. The van der Waals surface area contributed by atoms with Gasteiger partial charge in [0.15, 0.2) is 0 Å². The molecular formula is C25H34BrN3O5. The van der Waals surface area contributed by atoms with E-state index in [1.54, 1.807) is 0 Å². The molecule has 3 unspecified atom stereocenters. The van der Waals surface area contributed by atoms with Crippen molar-refractivity contribution >= 4 is 33.7 Å². The van der Waals surface area contributed by atoms with Crippen LogP contribution in [0, 0.1) is 11.8 Å². The molecule has 0 aromatic heterocycles. The Morgan fingerprint density at radius 2 is 1.97 bits per heavy atom. The summed E-state index contributed by atoms with van der Waals surface area (Å²) in [6.45, 7) is 4.52. The van der Waals surface area contributed by atoms with Gasteiger partial charge in [0.05, 0.1) is 30.6 Å². The number of alkyl halides is 1. The summed E-state index contributed by atoms with van der Waals surface area (Å²) in [7, 11) is 0. The Hall–Kier alpha value is -1.97. The summed E-state index contributed by atoms with van der Waals surface area (Å²) >= 11 is 3.67. The van der Waals surface area contributed by atoms with Gasteiger partial charge in [0.25, 0.3) is 0 Å². The third kappa shape index (κ3) is 4.16. The molecule has 1 spiro atoms. The summed E-state index contributed by atoms with van der Waals surface area (Å²) in [4.78, 5) is 42.0. The predicted molar refractivity (Wildman–Crippen MR) is 130 cm³/mol. The van der Waals surface area contributed by atoms with Gasteiger partial charge in [-0.15, -0.1) is 0 Å². The van der Waals surface area contributed by atoms with Crippen LogP contribution in [0.25, 0.3) is 0 Å². The van der Waals surface area contributed by atoms with E-state index in [1.165, 1.54) is 4.90 Å². The quantitative estimate of drug-likeness (QED) is 0.312. The van der Waals surface area contributed by atoms with Gasteiger partial charge in [-0.1, -0.05) is 66.5 Å². The first-order chi connectivity index (χ1) is 16.4. The number of halogens is 1. The number of likely N-dealkylation sites (tertiary alicyclic amines) is 1. The van der Waals surface area contributed by atoms with Gasteiger partial charge in [-0.3, -0.25) is 14.4 Å². The fourth-order valence-corrected chi connectivity index (χ4v) is 6.80. The molecule has 1 aromatic rings. The normalized spacial score (nSPS) is 32.5. The van der Waals surface area contributed by atoms with Crippen LogP contribution in [0.2, 0.25) is 0 Å². The number of carbonyl (C=O) groups excluding carboxylic acids is 3. The molecule has 3 saturated heterocycles. The Labute approximate surface area is 208 Å². The van der Waals surface area contributed by atoms with Crippen molar-refractivity contribution in [1.29, 1.82) is 0 Å². The number of benzene rings is 1. The molecule has 0 aliphatic carbocycles. The SMILES string of the molecule is CCCCNC(=O)C1N([C@@H](CC)CO)C(=O)[C@@H]2[C@@H](C(=O)NCc3ccccc3)[C@@H]3OC12CC3Br. The van der Waals surface area contributed by atoms with E-state index in [0.717, 1.165) is 18.4 Å². The van der Waals surface area contributed by atoms with Gasteiger partial charge in [-0.05, 0) is 24.8 Å². The highest BCUT2D eigenvalue weighted by atomic mass is 79.9. The van der Waals surface area contributed by atoms with Crippen LogP contribution in [-0.2, 0) is 25.7 Å². The summed E-state index contributed by atoms with van der Waals surface area (Å²) in [5.41, 5.74) is -0.132. The maximum absolute atomic E-state index is 13.8. The summed E-state index contributed by atoms with van der Waals surface area (Å²) in [6.07, 6.45) is 2.22. The lowest BCUT2D eigenvalue weighted by molar-refractivity contribution is -0.145. The standard InChI is InChI=1S/C25H34BrN3O5/c1-3-5-11-27-23(32)21-25-12-17(26)20(34-25)18(19(25)24(33)29(21)16(4-2)14-30)22(31)28-13-15-9-7-6-8-10-15/h6-10,16-21,30H,3-5,11-14H2,1-2H3,(H,27,32)(H,28,31)/t16-,17?,18+,19-,20+,21?,25?/m0/s1. The maximum Gasteiger partial charge on any atom is 0.245 e. The zero-order valence-corrected chi connectivity index (χ0v) is 21.3. The van der Waals surface area contributed by atoms with Crippen LogP contribution in [0.15, 0.2) is 30.3 Å². The lowest BCUT2D eigenvalue weighted by atomic mass is 9.70. The van der Waals surface area contributed by atoms with Crippen LogP contribution in [0.4, 0.5) is 0 Å². The Kier molecular flexibility index (Phi) is 7.64. The highest BCUT2D eigenvalue weighted by Crippen LogP contribution is 2.60. The Morgan fingerprint density at radius 1 is 1.24 bits per heavy atom. The molecule has 3 heterocycles. The van der Waals surface area contributed by atoms with Crippen molar-refractivity contribution in [3.05, 3.63) is 35.9 Å². The molecule has 0 saturated carbocycles. The van der Waals surface area contributed by atoms with Crippen molar-refractivity contribution in [2.24, 2.45) is 11.8 Å². The molecule has 3 fully saturated rings. The zero-order valence-electron chi connectivity index (χ0n) is 19.7. The van der Waals surface area contributed by atoms with Crippen molar-refractivity contribution < 1.29 is 24.2 Å². The van der Waals surface area contributed by atoms with Crippen molar-refractivity contribution in [3.63, 3.8) is 0 Å². The fourth-order valence-electron chi connectivity index (χ4n) is 5.86. The van der Waals surface area contributed by atoms with E-state index in [4.69, 9.17) is 4.74 Å². The number of carbonyl (C=O) groups is 3. The van der Waals surface area contributed by atoms with E-state index >= 15 is 0 Å². The van der Waals surface area contributed by atoms with Gasteiger partial charge < -0.3 is 25.4 Å². The highest BCUT2D eigenvalue weighted by Gasteiger charge is 2.76. The minimum absolute atomic E-state index is 0.149. The van der Waals surface area contributed by atoms with Crippen LogP contribution >= 0.6 is 15.9 Å². The van der Waals surface area contributed by atoms with Gasteiger partial charge in [0.1, 0.15) is 11.6 Å². The molecule has 9 heteroatoms. The van der Waals surface area contributed by atoms with E-state index < -0.39 is 35.6 Å². The molecule has 3 N–H and O–H groups in total. The molecule has 34 heavy (non-hydrogen) atoms. The number of amides is 3. The number of aliphatic hydroxyl groups excluding tert-OH is 1. The van der Waals surface area contributed by atoms with E-state index in [9.17, 15) is 19.5 Å². The molecule has 4 rings (SSSR count). The number of rotatable bonds is 10. The van der Waals surface area contributed by atoms with Gasteiger partial charge in [0.2, 0.25) is 17.7 Å². The predicted octanol–water partition coefficient (Wildman–Crippen LogP) is 1.74. The van der Waals surface area contributed by atoms with Crippen LogP contribution < -0.4 is 10.6 Å². The largest absolute Gasteiger partial charge is 0.394 e. The number of aliphatic hydroxyl groups is 1. The van der Waals surface area contributed by atoms with Crippen molar-refractivity contribution in [1.82, 2.24) is 15.5 Å². The number of unbranched alkanes of at least 4 members (excludes halogenated alkanes) is 1. The zero-order chi connectivity index (χ0) is 24.5. The van der Waals surface area contributed by atoms with Crippen LogP contribution in [0.3, 0.4) is 0 Å². The number of fused-ring (bicyclic) bond motifs is 1. The number of ether oxygens (including phenoxy) is 1. The van der Waals surface area contributed by atoms with Gasteiger partial charge in [-0.25, -0.2) is 0 Å². The second-order valence-corrected chi connectivity index (χ2v) is 10.7. The molecule has 7 atom stereocenters. The Balaban J connectivity index is 1.64. The van der Waals surface area contributed by atoms with E-state index in [1.807, 2.05) is 44.2 Å². The topological polar surface area (TPSA) is 108 Å². The number of hydrogen-bond donors (Lipinski definition) is 3. The van der Waals surface area contributed by atoms with Crippen molar-refractivity contribution in [3.8, 4) is 0 Å². The molecular weight excluding hydrogens is 502 g/mol. The molecule has 1 aromatic carbocycles. The molecule has 3 amide bonds. The van der Waals surface area contributed by atoms with Gasteiger partial charge in [0, 0.05) is 17.9 Å². The monoisotopic (exact) mass is 535 g/mol. The summed E-state index contributed by atoms with van der Waals surface area (Å²) in [6, 6.07) is 8.19. The second-order valence-electron chi connectivity index (χ2n) is 9.50. The van der Waals surface area contributed by atoms with Gasteiger partial charge in [-0.2, -0.15) is 0 Å². The molecule has 3 aliphatic rings. The molecule has 8 nitrogen and oxygen atoms in total. The lowest BCUT2D eigenvalue weighted by Crippen LogP contribution is -2.58. The average Bonchev–Trinajstić information content (AvgIpc) is 3.43. The maximum atomic E-state index is 13.8. The molecule has 2 bridgehead atoms. The van der Waals surface area contributed by atoms with E-state index in [0.29, 0.717) is 25.9 Å². The van der Waals surface area contributed by atoms with Crippen LogP contribution in [0.5, 0.6) is 0 Å². The first kappa shape index (κ1) is 25.1. The summed E-state index contributed by atoms with van der Waals surface area (Å²) in [5, 5.41) is 16.0. The average molecular weight is 536 g/mol. The smallest absolute Gasteiger partial charge is 0.245 e. The van der Waals surface area contributed by atoms with Crippen molar-refractivity contribution in [2.45, 2.75) is 74.7 Å². The first-order valence-corrected chi connectivity index (χ1v) is 13.1. The fraction of sp³-hybridized carbons (Fsp3) is 0.640. The molecule has 186 valence electrons. The highest BCUT2D eigenvalue weighted by molar-refractivity contribution is 9.09. The first-order valence-electron chi connectivity index (χ1n) is 12.2. The third-order valence-corrected chi connectivity index (χ3v) is 8.34. The Morgan fingerprint density at radius 3 is 2.62 bits per heavy atom. The molecule has 3 aliphatic heterocycles. The summed E-state index contributed by atoms with van der Waals surface area (Å²) in [5.74, 6) is -2.27. The van der Waals surface area contributed by atoms with Crippen LogP contribution in [-0.4, -0.2) is 69.5 Å². The third-order valence-electron chi connectivity index (χ3n) is 7.49. The second kappa shape index (κ2) is 10.3. The summed E-state index contributed by atoms with van der Waals surface area (Å²) < 4.78 is 6.45. The minimum Gasteiger partial charge on any atom is -0.394 e. The lowest BCUT2D eigenvalue weighted by Gasteiger charge is -2.36. The Bertz CT molecular complexity index is 911. The number of hydrogen-bond acceptors (Lipinski definition) is 5. The van der Waals surface area contributed by atoms with Gasteiger partial charge >= 0.3 is 0 Å². The number of nitrogens with zero attached hydrogens (tertiary/aromatic N) is 1. The van der Waals surface area contributed by atoms with E-state index in [2.05, 4.69) is 26.6 Å². The number of nitrogens with one attached hydrogen (secondary N) is 2. The van der Waals surface area contributed by atoms with Crippen LogP contribution in [0.1, 0.15) is 45.1 Å². The van der Waals surface area contributed by atoms with E-state index in [-0.39, 0.29) is 29.2 Å². The minimum atomic E-state index is -1.09. The van der Waals surface area contributed by atoms with Crippen molar-refractivity contribution in [2.75, 3.05) is 13.2 Å².